The topological polar surface area (TPSA) is 60.5 Å². The minimum atomic E-state index is -0.717. The number of nitrogens with zero attached hydrogens (tertiary/aromatic N) is 1. The summed E-state index contributed by atoms with van der Waals surface area (Å²) in [7, 11) is 0. The Bertz CT molecular complexity index is 1010. The standard InChI is InChI=1S/C23H22F2N2O3/c1-3-29-22-11-17(6-9-21(22)30-14-16-5-4-10-26-13-16)23(28)27-15(2)19-12-18(24)7-8-20(19)25/h4-13,15H,3,14H2,1-2H3,(H,27,28). The Balaban J connectivity index is 1.74. The van der Waals surface area contributed by atoms with Gasteiger partial charge in [-0.2, -0.15) is 0 Å². The summed E-state index contributed by atoms with van der Waals surface area (Å²) in [5.41, 5.74) is 1.29. The normalized spacial score (nSPS) is 11.6. The number of hydrogen-bond donors (Lipinski definition) is 1. The highest BCUT2D eigenvalue weighted by Crippen LogP contribution is 2.29. The summed E-state index contributed by atoms with van der Waals surface area (Å²) >= 11 is 0. The smallest absolute Gasteiger partial charge is 0.251 e. The molecule has 0 radical (unpaired) electrons. The molecule has 1 heterocycles. The summed E-state index contributed by atoms with van der Waals surface area (Å²) in [6.45, 7) is 4.10. The number of rotatable bonds is 8. The first-order valence-corrected chi connectivity index (χ1v) is 9.52. The Morgan fingerprint density at radius 3 is 2.67 bits per heavy atom. The highest BCUT2D eigenvalue weighted by molar-refractivity contribution is 5.95. The lowest BCUT2D eigenvalue weighted by Crippen LogP contribution is -2.27. The molecule has 3 rings (SSSR count). The minimum Gasteiger partial charge on any atom is -0.490 e. The zero-order valence-corrected chi connectivity index (χ0v) is 16.7. The molecular weight excluding hydrogens is 390 g/mol. The van der Waals surface area contributed by atoms with Gasteiger partial charge >= 0.3 is 0 Å². The van der Waals surface area contributed by atoms with Crippen LogP contribution in [-0.2, 0) is 6.61 Å². The van der Waals surface area contributed by atoms with Crippen molar-refractivity contribution in [3.05, 3.63) is 89.2 Å². The molecule has 0 bridgehead atoms. The number of carbonyl (C=O) groups excluding carboxylic acids is 1. The second-order valence-electron chi connectivity index (χ2n) is 6.61. The van der Waals surface area contributed by atoms with E-state index >= 15 is 0 Å². The predicted molar refractivity (Wildman–Crippen MR) is 108 cm³/mol. The second kappa shape index (κ2) is 9.82. The van der Waals surface area contributed by atoms with Gasteiger partial charge in [0.15, 0.2) is 11.5 Å². The molecular formula is C23H22F2N2O3. The van der Waals surface area contributed by atoms with Crippen LogP contribution < -0.4 is 14.8 Å². The van der Waals surface area contributed by atoms with Crippen molar-refractivity contribution in [1.29, 1.82) is 0 Å². The van der Waals surface area contributed by atoms with Crippen LogP contribution in [0.3, 0.4) is 0 Å². The lowest BCUT2D eigenvalue weighted by atomic mass is 10.1. The molecule has 1 atom stereocenters. The molecule has 0 saturated carbocycles. The maximum atomic E-state index is 14.0. The Morgan fingerprint density at radius 1 is 1.10 bits per heavy atom. The van der Waals surface area contributed by atoms with E-state index < -0.39 is 23.6 Å². The molecule has 1 N–H and O–H groups in total. The highest BCUT2D eigenvalue weighted by atomic mass is 19.1. The van der Waals surface area contributed by atoms with Crippen LogP contribution in [0.25, 0.3) is 0 Å². The number of ether oxygens (including phenoxy) is 2. The number of hydrogen-bond acceptors (Lipinski definition) is 4. The third-order valence-corrected chi connectivity index (χ3v) is 4.40. The average Bonchev–Trinajstić information content (AvgIpc) is 2.75. The second-order valence-corrected chi connectivity index (χ2v) is 6.61. The van der Waals surface area contributed by atoms with Gasteiger partial charge in [-0.15, -0.1) is 0 Å². The molecule has 156 valence electrons. The van der Waals surface area contributed by atoms with Crippen LogP contribution in [0, 0.1) is 11.6 Å². The number of benzene rings is 2. The molecule has 3 aromatic rings. The van der Waals surface area contributed by atoms with Gasteiger partial charge in [0.05, 0.1) is 12.6 Å². The fourth-order valence-electron chi connectivity index (χ4n) is 2.89. The van der Waals surface area contributed by atoms with E-state index in [-0.39, 0.29) is 5.56 Å². The molecule has 5 nitrogen and oxygen atoms in total. The molecule has 1 amide bonds. The maximum Gasteiger partial charge on any atom is 0.251 e. The molecule has 0 spiro atoms. The number of halogens is 2. The molecule has 1 aromatic heterocycles. The van der Waals surface area contributed by atoms with Crippen LogP contribution in [0.5, 0.6) is 11.5 Å². The fourth-order valence-corrected chi connectivity index (χ4v) is 2.89. The summed E-state index contributed by atoms with van der Waals surface area (Å²) in [4.78, 5) is 16.7. The summed E-state index contributed by atoms with van der Waals surface area (Å²) in [6, 6.07) is 10.9. The molecule has 0 fully saturated rings. The molecule has 0 aliphatic carbocycles. The van der Waals surface area contributed by atoms with E-state index in [0.717, 1.165) is 23.8 Å². The molecule has 0 saturated heterocycles. The Morgan fingerprint density at radius 2 is 1.93 bits per heavy atom. The van der Waals surface area contributed by atoms with E-state index in [0.29, 0.717) is 30.3 Å². The van der Waals surface area contributed by atoms with Gasteiger partial charge in [0, 0.05) is 29.1 Å². The van der Waals surface area contributed by atoms with Crippen LogP contribution in [0.4, 0.5) is 8.78 Å². The van der Waals surface area contributed by atoms with E-state index in [9.17, 15) is 13.6 Å². The minimum absolute atomic E-state index is 0.0739. The number of amides is 1. The van der Waals surface area contributed by atoms with Crippen LogP contribution in [-0.4, -0.2) is 17.5 Å². The lowest BCUT2D eigenvalue weighted by Gasteiger charge is -2.17. The van der Waals surface area contributed by atoms with Crippen LogP contribution >= 0.6 is 0 Å². The fraction of sp³-hybridized carbons (Fsp3) is 0.217. The number of nitrogens with one attached hydrogen (secondary N) is 1. The van der Waals surface area contributed by atoms with E-state index in [2.05, 4.69) is 10.3 Å². The maximum absolute atomic E-state index is 14.0. The summed E-state index contributed by atoms with van der Waals surface area (Å²) in [5.74, 6) is -0.689. The van der Waals surface area contributed by atoms with Crippen LogP contribution in [0.2, 0.25) is 0 Å². The molecule has 0 aliphatic rings. The van der Waals surface area contributed by atoms with Crippen molar-refractivity contribution in [3.8, 4) is 11.5 Å². The molecule has 7 heteroatoms. The number of aromatic nitrogens is 1. The van der Waals surface area contributed by atoms with E-state index in [1.54, 1.807) is 37.5 Å². The van der Waals surface area contributed by atoms with Crippen molar-refractivity contribution in [2.45, 2.75) is 26.5 Å². The summed E-state index contributed by atoms with van der Waals surface area (Å²) in [5, 5.41) is 2.68. The lowest BCUT2D eigenvalue weighted by molar-refractivity contribution is 0.0938. The number of carbonyl (C=O) groups is 1. The SMILES string of the molecule is CCOc1cc(C(=O)NC(C)c2cc(F)ccc2F)ccc1OCc1cccnc1. The average molecular weight is 412 g/mol. The van der Waals surface area contributed by atoms with E-state index in [1.807, 2.05) is 19.1 Å². The van der Waals surface area contributed by atoms with Crippen molar-refractivity contribution in [2.75, 3.05) is 6.61 Å². The molecule has 2 aromatic carbocycles. The van der Waals surface area contributed by atoms with Crippen molar-refractivity contribution in [1.82, 2.24) is 10.3 Å². The van der Waals surface area contributed by atoms with Crippen molar-refractivity contribution < 1.29 is 23.0 Å². The third-order valence-electron chi connectivity index (χ3n) is 4.40. The monoisotopic (exact) mass is 412 g/mol. The molecule has 1 unspecified atom stereocenters. The number of pyridine rings is 1. The molecule has 30 heavy (non-hydrogen) atoms. The summed E-state index contributed by atoms with van der Waals surface area (Å²) < 4.78 is 38.8. The van der Waals surface area contributed by atoms with E-state index in [4.69, 9.17) is 9.47 Å². The quantitative estimate of drug-likeness (QED) is 0.576. The van der Waals surface area contributed by atoms with Crippen molar-refractivity contribution >= 4 is 5.91 Å². The first-order chi connectivity index (χ1) is 14.5. The Hall–Kier alpha value is -3.48. The van der Waals surface area contributed by atoms with Gasteiger partial charge < -0.3 is 14.8 Å². The van der Waals surface area contributed by atoms with Gasteiger partial charge in [-0.25, -0.2) is 8.78 Å². The Kier molecular flexibility index (Phi) is 6.95. The van der Waals surface area contributed by atoms with Crippen molar-refractivity contribution in [3.63, 3.8) is 0 Å². The zero-order valence-electron chi connectivity index (χ0n) is 16.7. The Labute approximate surface area is 173 Å². The van der Waals surface area contributed by atoms with Gasteiger partial charge in [-0.3, -0.25) is 9.78 Å². The third kappa shape index (κ3) is 5.31. The summed E-state index contributed by atoms with van der Waals surface area (Å²) in [6.07, 6.45) is 3.38. The zero-order chi connectivity index (χ0) is 21.5. The van der Waals surface area contributed by atoms with Gasteiger partial charge in [-0.1, -0.05) is 6.07 Å². The van der Waals surface area contributed by atoms with E-state index in [1.165, 1.54) is 0 Å². The van der Waals surface area contributed by atoms with Crippen molar-refractivity contribution in [2.24, 2.45) is 0 Å². The first kappa shape index (κ1) is 21.2. The van der Waals surface area contributed by atoms with Gasteiger partial charge in [-0.05, 0) is 56.3 Å². The van der Waals surface area contributed by atoms with Crippen LogP contribution in [0.1, 0.15) is 41.4 Å². The van der Waals surface area contributed by atoms with Gasteiger partial charge in [0.1, 0.15) is 18.2 Å². The van der Waals surface area contributed by atoms with Gasteiger partial charge in [0.25, 0.3) is 5.91 Å². The van der Waals surface area contributed by atoms with Crippen LogP contribution in [0.15, 0.2) is 60.9 Å². The first-order valence-electron chi connectivity index (χ1n) is 9.52. The molecule has 0 aliphatic heterocycles. The van der Waals surface area contributed by atoms with Gasteiger partial charge in [0.2, 0.25) is 0 Å². The predicted octanol–water partition coefficient (Wildman–Crippen LogP) is 4.83. The largest absolute Gasteiger partial charge is 0.490 e. The highest BCUT2D eigenvalue weighted by Gasteiger charge is 2.17.